The van der Waals surface area contributed by atoms with Crippen molar-refractivity contribution in [3.8, 4) is 0 Å². The molecule has 1 unspecified atom stereocenters. The van der Waals surface area contributed by atoms with Crippen molar-refractivity contribution >= 4 is 17.0 Å². The number of nitrogens with zero attached hydrogens (tertiary/aromatic N) is 1. The Morgan fingerprint density at radius 3 is 2.80 bits per heavy atom. The van der Waals surface area contributed by atoms with E-state index in [1.165, 1.54) is 5.56 Å². The molecule has 0 aliphatic heterocycles. The smallest absolute Gasteiger partial charge is 0.0531 e. The lowest BCUT2D eigenvalue weighted by atomic mass is 10.2. The molecule has 78 valence electrons. The first-order chi connectivity index (χ1) is 7.25. The van der Waals surface area contributed by atoms with Crippen molar-refractivity contribution in [1.82, 2.24) is 4.98 Å². The molecule has 15 heavy (non-hydrogen) atoms. The van der Waals surface area contributed by atoms with Crippen molar-refractivity contribution < 1.29 is 0 Å². The summed E-state index contributed by atoms with van der Waals surface area (Å²) in [6.07, 6.45) is 1.87. The summed E-state index contributed by atoms with van der Waals surface area (Å²) in [5.74, 6) is 0. The molecule has 0 saturated heterocycles. The van der Waals surface area contributed by atoms with Crippen molar-refractivity contribution in [3.05, 3.63) is 46.4 Å². The maximum absolute atomic E-state index is 4.25. The Labute approximate surface area is 94.0 Å². The van der Waals surface area contributed by atoms with Gasteiger partial charge in [0.15, 0.2) is 0 Å². The molecule has 2 aromatic heterocycles. The molecule has 0 aliphatic carbocycles. The lowest BCUT2D eigenvalue weighted by molar-refractivity contribution is 0.888. The maximum Gasteiger partial charge on any atom is 0.0531 e. The zero-order valence-corrected chi connectivity index (χ0v) is 9.71. The van der Waals surface area contributed by atoms with Gasteiger partial charge in [0, 0.05) is 11.7 Å². The third-order valence-electron chi connectivity index (χ3n) is 2.34. The molecule has 1 atom stereocenters. The van der Waals surface area contributed by atoms with E-state index in [9.17, 15) is 0 Å². The van der Waals surface area contributed by atoms with Crippen LogP contribution in [0.15, 0.2) is 35.2 Å². The van der Waals surface area contributed by atoms with Crippen molar-refractivity contribution in [3.63, 3.8) is 0 Å². The number of hydrogen-bond acceptors (Lipinski definition) is 3. The van der Waals surface area contributed by atoms with Crippen LogP contribution in [0, 0.1) is 6.92 Å². The van der Waals surface area contributed by atoms with Gasteiger partial charge in [0.2, 0.25) is 0 Å². The average Bonchev–Trinajstić information content (AvgIpc) is 2.74. The highest BCUT2D eigenvalue weighted by Crippen LogP contribution is 2.20. The fraction of sp³-hybridized carbons (Fsp3) is 0.250. The first kappa shape index (κ1) is 10.2. The van der Waals surface area contributed by atoms with Gasteiger partial charge in [-0.3, -0.25) is 4.98 Å². The van der Waals surface area contributed by atoms with E-state index >= 15 is 0 Å². The fourth-order valence-corrected chi connectivity index (χ4v) is 2.16. The van der Waals surface area contributed by atoms with E-state index in [0.717, 1.165) is 11.4 Å². The number of anilines is 1. The molecular weight excluding hydrogens is 204 g/mol. The standard InChI is InChI=1S/C12H14N2S/c1-9-3-4-12(7-13-9)14-10(2)11-5-6-15-8-11/h3-8,10,14H,1-2H3. The number of rotatable bonds is 3. The fourth-order valence-electron chi connectivity index (χ4n) is 1.41. The van der Waals surface area contributed by atoms with Crippen LogP contribution >= 0.6 is 11.3 Å². The van der Waals surface area contributed by atoms with Gasteiger partial charge >= 0.3 is 0 Å². The Morgan fingerprint density at radius 2 is 2.20 bits per heavy atom. The monoisotopic (exact) mass is 218 g/mol. The van der Waals surface area contributed by atoms with Crippen molar-refractivity contribution in [2.24, 2.45) is 0 Å². The summed E-state index contributed by atoms with van der Waals surface area (Å²) in [6.45, 7) is 4.15. The van der Waals surface area contributed by atoms with E-state index in [1.807, 2.05) is 19.2 Å². The Bertz CT molecular complexity index is 406. The second-order valence-corrected chi connectivity index (χ2v) is 4.39. The SMILES string of the molecule is Cc1ccc(NC(C)c2ccsc2)cn1. The van der Waals surface area contributed by atoms with Gasteiger partial charge < -0.3 is 5.32 Å². The summed E-state index contributed by atoms with van der Waals surface area (Å²) in [6, 6.07) is 6.55. The summed E-state index contributed by atoms with van der Waals surface area (Å²) in [4.78, 5) is 4.25. The summed E-state index contributed by atoms with van der Waals surface area (Å²) in [5.41, 5.74) is 3.43. The molecule has 0 fully saturated rings. The van der Waals surface area contributed by atoms with E-state index in [-0.39, 0.29) is 0 Å². The Hall–Kier alpha value is -1.35. The van der Waals surface area contributed by atoms with Crippen LogP contribution in [0.5, 0.6) is 0 Å². The lowest BCUT2D eigenvalue weighted by Gasteiger charge is -2.13. The second kappa shape index (κ2) is 4.45. The quantitative estimate of drug-likeness (QED) is 0.851. The molecule has 0 amide bonds. The first-order valence-electron chi connectivity index (χ1n) is 4.97. The van der Waals surface area contributed by atoms with Gasteiger partial charge in [-0.25, -0.2) is 0 Å². The molecule has 0 radical (unpaired) electrons. The molecule has 2 heterocycles. The van der Waals surface area contributed by atoms with Crippen LogP contribution in [0.2, 0.25) is 0 Å². The minimum atomic E-state index is 0.334. The van der Waals surface area contributed by atoms with Gasteiger partial charge in [-0.1, -0.05) is 0 Å². The third kappa shape index (κ3) is 2.57. The Morgan fingerprint density at radius 1 is 1.33 bits per heavy atom. The molecule has 0 aromatic carbocycles. The van der Waals surface area contributed by atoms with Gasteiger partial charge in [0.1, 0.15) is 0 Å². The minimum Gasteiger partial charge on any atom is -0.377 e. The van der Waals surface area contributed by atoms with Gasteiger partial charge in [-0.05, 0) is 48.4 Å². The highest BCUT2D eigenvalue weighted by atomic mass is 32.1. The molecular formula is C12H14N2S. The molecule has 1 N–H and O–H groups in total. The zero-order chi connectivity index (χ0) is 10.7. The van der Waals surface area contributed by atoms with Crippen LogP contribution in [0.4, 0.5) is 5.69 Å². The van der Waals surface area contributed by atoms with Gasteiger partial charge in [0.05, 0.1) is 11.9 Å². The number of aryl methyl sites for hydroxylation is 1. The molecule has 0 bridgehead atoms. The molecule has 0 aliphatic rings. The summed E-state index contributed by atoms with van der Waals surface area (Å²) < 4.78 is 0. The molecule has 2 nitrogen and oxygen atoms in total. The summed E-state index contributed by atoms with van der Waals surface area (Å²) in [5, 5.41) is 7.68. The van der Waals surface area contributed by atoms with Crippen LogP contribution in [-0.4, -0.2) is 4.98 Å². The second-order valence-electron chi connectivity index (χ2n) is 3.61. The van der Waals surface area contributed by atoms with Crippen LogP contribution < -0.4 is 5.32 Å². The van der Waals surface area contributed by atoms with Crippen LogP contribution in [0.25, 0.3) is 0 Å². The minimum absolute atomic E-state index is 0.334. The van der Waals surface area contributed by atoms with Crippen LogP contribution in [0.1, 0.15) is 24.2 Å². The predicted octanol–water partition coefficient (Wildman–Crippen LogP) is 3.62. The average molecular weight is 218 g/mol. The number of thiophene rings is 1. The largest absolute Gasteiger partial charge is 0.377 e. The van der Waals surface area contributed by atoms with Gasteiger partial charge in [-0.2, -0.15) is 11.3 Å². The summed E-state index contributed by atoms with van der Waals surface area (Å²) >= 11 is 1.73. The predicted molar refractivity (Wildman–Crippen MR) is 65.3 cm³/mol. The Kier molecular flexibility index (Phi) is 3.02. The molecule has 3 heteroatoms. The first-order valence-corrected chi connectivity index (χ1v) is 5.91. The zero-order valence-electron chi connectivity index (χ0n) is 8.90. The summed E-state index contributed by atoms with van der Waals surface area (Å²) in [7, 11) is 0. The maximum atomic E-state index is 4.25. The van der Waals surface area contributed by atoms with E-state index in [4.69, 9.17) is 0 Å². The molecule has 2 rings (SSSR count). The number of hydrogen-bond donors (Lipinski definition) is 1. The number of aromatic nitrogens is 1. The van der Waals surface area contributed by atoms with Crippen molar-refractivity contribution in [2.75, 3.05) is 5.32 Å². The van der Waals surface area contributed by atoms with E-state index in [2.05, 4.69) is 40.1 Å². The topological polar surface area (TPSA) is 24.9 Å². The molecule has 0 saturated carbocycles. The Balaban J connectivity index is 2.06. The third-order valence-corrected chi connectivity index (χ3v) is 3.04. The number of pyridine rings is 1. The van der Waals surface area contributed by atoms with E-state index in [1.54, 1.807) is 11.3 Å². The molecule has 2 aromatic rings. The highest BCUT2D eigenvalue weighted by molar-refractivity contribution is 7.07. The van der Waals surface area contributed by atoms with E-state index < -0.39 is 0 Å². The normalized spacial score (nSPS) is 12.4. The highest BCUT2D eigenvalue weighted by Gasteiger charge is 2.04. The number of nitrogens with one attached hydrogen (secondary N) is 1. The molecule has 0 spiro atoms. The lowest BCUT2D eigenvalue weighted by Crippen LogP contribution is -2.05. The van der Waals surface area contributed by atoms with Gasteiger partial charge in [-0.15, -0.1) is 0 Å². The van der Waals surface area contributed by atoms with Crippen LogP contribution in [-0.2, 0) is 0 Å². The van der Waals surface area contributed by atoms with E-state index in [0.29, 0.717) is 6.04 Å². The van der Waals surface area contributed by atoms with Gasteiger partial charge in [0.25, 0.3) is 0 Å². The van der Waals surface area contributed by atoms with Crippen LogP contribution in [0.3, 0.4) is 0 Å². The van der Waals surface area contributed by atoms with Crippen molar-refractivity contribution in [2.45, 2.75) is 19.9 Å². The van der Waals surface area contributed by atoms with Crippen molar-refractivity contribution in [1.29, 1.82) is 0 Å².